The zero-order valence-corrected chi connectivity index (χ0v) is 12.7. The lowest BCUT2D eigenvalue weighted by Crippen LogP contribution is -2.24. The van der Waals surface area contributed by atoms with Crippen LogP contribution in [0.2, 0.25) is 5.15 Å². The Bertz CT molecular complexity index is 618. The molecule has 1 aromatic carbocycles. The van der Waals surface area contributed by atoms with Crippen LogP contribution < -0.4 is 4.90 Å². The Kier molecular flexibility index (Phi) is 4.08. The van der Waals surface area contributed by atoms with Gasteiger partial charge in [0.25, 0.3) is 0 Å². The third-order valence-electron chi connectivity index (χ3n) is 3.94. The first-order valence-electron chi connectivity index (χ1n) is 7.16. The number of aliphatic hydroxyl groups excluding tert-OH is 1. The van der Waals surface area contributed by atoms with Crippen LogP contribution in [0.5, 0.6) is 0 Å². The van der Waals surface area contributed by atoms with Gasteiger partial charge in [-0.25, -0.2) is 9.97 Å². The monoisotopic (exact) mass is 303 g/mol. The Morgan fingerprint density at radius 1 is 1.29 bits per heavy atom. The Morgan fingerprint density at radius 2 is 2.05 bits per heavy atom. The summed E-state index contributed by atoms with van der Waals surface area (Å²) in [6.45, 7) is 3.53. The summed E-state index contributed by atoms with van der Waals surface area (Å²) in [6, 6.07) is 11.6. The van der Waals surface area contributed by atoms with Gasteiger partial charge in [-0.2, -0.15) is 0 Å². The van der Waals surface area contributed by atoms with Crippen molar-refractivity contribution in [1.82, 2.24) is 9.97 Å². The van der Waals surface area contributed by atoms with E-state index < -0.39 is 0 Å². The van der Waals surface area contributed by atoms with Crippen LogP contribution in [0.15, 0.2) is 36.4 Å². The topological polar surface area (TPSA) is 49.2 Å². The molecule has 1 aliphatic rings. The van der Waals surface area contributed by atoms with E-state index in [1.165, 1.54) is 0 Å². The second-order valence-corrected chi connectivity index (χ2v) is 5.86. The molecular formula is C16H18ClN3O. The predicted octanol–water partition coefficient (Wildman–Crippen LogP) is 3.00. The number of benzene rings is 1. The standard InChI is InChI=1S/C16H18ClN3O/c1-11(21)13-7-8-20(10-13)15-9-14(17)18-16(19-15)12-5-3-2-4-6-12/h2-6,9,11,13,21H,7-8,10H2,1H3. The third kappa shape index (κ3) is 3.17. The highest BCUT2D eigenvalue weighted by Gasteiger charge is 2.27. The van der Waals surface area contributed by atoms with Gasteiger partial charge in [-0.3, -0.25) is 0 Å². The van der Waals surface area contributed by atoms with Crippen molar-refractivity contribution in [2.75, 3.05) is 18.0 Å². The normalized spacial score (nSPS) is 19.8. The Morgan fingerprint density at radius 3 is 2.71 bits per heavy atom. The van der Waals surface area contributed by atoms with Crippen LogP contribution in [0, 0.1) is 5.92 Å². The Balaban J connectivity index is 1.89. The van der Waals surface area contributed by atoms with Crippen molar-refractivity contribution in [2.45, 2.75) is 19.4 Å². The van der Waals surface area contributed by atoms with Crippen LogP contribution in [0.4, 0.5) is 5.82 Å². The van der Waals surface area contributed by atoms with E-state index >= 15 is 0 Å². The summed E-state index contributed by atoms with van der Waals surface area (Å²) in [4.78, 5) is 11.1. The van der Waals surface area contributed by atoms with Crippen molar-refractivity contribution >= 4 is 17.4 Å². The average molecular weight is 304 g/mol. The molecule has 0 aliphatic carbocycles. The van der Waals surface area contributed by atoms with E-state index in [-0.39, 0.29) is 6.10 Å². The fourth-order valence-corrected chi connectivity index (χ4v) is 2.85. The molecule has 21 heavy (non-hydrogen) atoms. The fourth-order valence-electron chi connectivity index (χ4n) is 2.67. The van der Waals surface area contributed by atoms with Gasteiger partial charge in [-0.1, -0.05) is 41.9 Å². The molecule has 3 rings (SSSR count). The van der Waals surface area contributed by atoms with Crippen LogP contribution in [0.3, 0.4) is 0 Å². The summed E-state index contributed by atoms with van der Waals surface area (Å²) in [7, 11) is 0. The van der Waals surface area contributed by atoms with Crippen molar-refractivity contribution in [2.24, 2.45) is 5.92 Å². The number of rotatable bonds is 3. The second-order valence-electron chi connectivity index (χ2n) is 5.47. The molecule has 1 saturated heterocycles. The molecule has 0 spiro atoms. The summed E-state index contributed by atoms with van der Waals surface area (Å²) < 4.78 is 0. The molecule has 1 aliphatic heterocycles. The molecular weight excluding hydrogens is 286 g/mol. The maximum Gasteiger partial charge on any atom is 0.163 e. The van der Waals surface area contributed by atoms with Crippen LogP contribution in [0.25, 0.3) is 11.4 Å². The van der Waals surface area contributed by atoms with Gasteiger partial charge in [0.05, 0.1) is 6.10 Å². The van der Waals surface area contributed by atoms with E-state index in [9.17, 15) is 5.11 Å². The van der Waals surface area contributed by atoms with Crippen molar-refractivity contribution in [3.05, 3.63) is 41.6 Å². The smallest absolute Gasteiger partial charge is 0.163 e. The molecule has 2 heterocycles. The highest BCUT2D eigenvalue weighted by atomic mass is 35.5. The molecule has 4 nitrogen and oxygen atoms in total. The zero-order valence-electron chi connectivity index (χ0n) is 11.9. The van der Waals surface area contributed by atoms with Crippen LogP contribution in [-0.4, -0.2) is 34.3 Å². The summed E-state index contributed by atoms with van der Waals surface area (Å²) >= 11 is 6.15. The number of aromatic nitrogens is 2. The summed E-state index contributed by atoms with van der Waals surface area (Å²) in [5.74, 6) is 1.76. The van der Waals surface area contributed by atoms with Gasteiger partial charge in [0, 0.05) is 30.6 Å². The first-order chi connectivity index (χ1) is 10.1. The van der Waals surface area contributed by atoms with E-state index in [1.807, 2.05) is 37.3 Å². The molecule has 1 N–H and O–H groups in total. The quantitative estimate of drug-likeness (QED) is 0.886. The van der Waals surface area contributed by atoms with E-state index in [4.69, 9.17) is 11.6 Å². The minimum atomic E-state index is -0.291. The van der Waals surface area contributed by atoms with Crippen molar-refractivity contribution in [3.63, 3.8) is 0 Å². The number of halogens is 1. The minimum Gasteiger partial charge on any atom is -0.393 e. The van der Waals surface area contributed by atoms with E-state index in [2.05, 4.69) is 14.9 Å². The highest BCUT2D eigenvalue weighted by Crippen LogP contribution is 2.27. The van der Waals surface area contributed by atoms with Crippen molar-refractivity contribution in [3.8, 4) is 11.4 Å². The molecule has 110 valence electrons. The Hall–Kier alpha value is -1.65. The molecule has 0 radical (unpaired) electrons. The van der Waals surface area contributed by atoms with Gasteiger partial charge >= 0.3 is 0 Å². The van der Waals surface area contributed by atoms with Crippen LogP contribution in [-0.2, 0) is 0 Å². The van der Waals surface area contributed by atoms with E-state index in [1.54, 1.807) is 6.07 Å². The van der Waals surface area contributed by atoms with Gasteiger partial charge in [0.1, 0.15) is 11.0 Å². The highest BCUT2D eigenvalue weighted by molar-refractivity contribution is 6.29. The van der Waals surface area contributed by atoms with Gasteiger partial charge in [-0.15, -0.1) is 0 Å². The lowest BCUT2D eigenvalue weighted by molar-refractivity contribution is 0.136. The minimum absolute atomic E-state index is 0.291. The molecule has 0 saturated carbocycles. The van der Waals surface area contributed by atoms with Crippen LogP contribution >= 0.6 is 11.6 Å². The second kappa shape index (κ2) is 6.00. The maximum atomic E-state index is 9.72. The molecule has 2 unspecified atom stereocenters. The van der Waals surface area contributed by atoms with E-state index in [0.717, 1.165) is 30.9 Å². The number of aliphatic hydroxyl groups is 1. The largest absolute Gasteiger partial charge is 0.393 e. The number of hydrogen-bond acceptors (Lipinski definition) is 4. The first-order valence-corrected chi connectivity index (χ1v) is 7.54. The number of hydrogen-bond donors (Lipinski definition) is 1. The van der Waals surface area contributed by atoms with Crippen LogP contribution in [0.1, 0.15) is 13.3 Å². The molecule has 0 bridgehead atoms. The molecule has 5 heteroatoms. The van der Waals surface area contributed by atoms with Crippen molar-refractivity contribution in [1.29, 1.82) is 0 Å². The molecule has 0 amide bonds. The molecule has 2 aromatic rings. The molecule has 1 fully saturated rings. The summed E-state index contributed by atoms with van der Waals surface area (Å²) in [5, 5.41) is 10.2. The number of nitrogens with zero attached hydrogens (tertiary/aromatic N) is 3. The van der Waals surface area contributed by atoms with E-state index in [0.29, 0.717) is 16.9 Å². The lowest BCUT2D eigenvalue weighted by atomic mass is 10.0. The third-order valence-corrected chi connectivity index (χ3v) is 4.14. The summed E-state index contributed by atoms with van der Waals surface area (Å²) in [5.41, 5.74) is 0.951. The maximum absolute atomic E-state index is 9.72. The average Bonchev–Trinajstić information content (AvgIpc) is 2.98. The fraction of sp³-hybridized carbons (Fsp3) is 0.375. The van der Waals surface area contributed by atoms with Gasteiger partial charge in [0.2, 0.25) is 0 Å². The lowest BCUT2D eigenvalue weighted by Gasteiger charge is -2.19. The van der Waals surface area contributed by atoms with Gasteiger partial charge in [0.15, 0.2) is 5.82 Å². The first kappa shape index (κ1) is 14.3. The molecule has 2 atom stereocenters. The SMILES string of the molecule is CC(O)C1CCN(c2cc(Cl)nc(-c3ccccc3)n2)C1. The predicted molar refractivity (Wildman–Crippen MR) is 84.5 cm³/mol. The number of anilines is 1. The summed E-state index contributed by atoms with van der Waals surface area (Å²) in [6.07, 6.45) is 0.681. The van der Waals surface area contributed by atoms with Gasteiger partial charge in [-0.05, 0) is 13.3 Å². The van der Waals surface area contributed by atoms with Crippen molar-refractivity contribution < 1.29 is 5.11 Å². The zero-order chi connectivity index (χ0) is 14.8. The van der Waals surface area contributed by atoms with Gasteiger partial charge < -0.3 is 10.0 Å². The Labute approximate surface area is 129 Å². The molecule has 1 aromatic heterocycles.